The lowest BCUT2D eigenvalue weighted by Crippen LogP contribution is -2.38. The van der Waals surface area contributed by atoms with Crippen molar-refractivity contribution in [2.24, 2.45) is 0 Å². The Morgan fingerprint density at radius 3 is 2.39 bits per heavy atom. The van der Waals surface area contributed by atoms with Gasteiger partial charge in [0.1, 0.15) is 5.82 Å². The highest BCUT2D eigenvalue weighted by Crippen LogP contribution is 2.26. The Morgan fingerprint density at radius 2 is 1.70 bits per heavy atom. The van der Waals surface area contributed by atoms with E-state index < -0.39 is 6.04 Å². The molecule has 0 fully saturated rings. The zero-order valence-electron chi connectivity index (χ0n) is 19.0. The average molecular weight is 504 g/mol. The van der Waals surface area contributed by atoms with Crippen LogP contribution in [0.1, 0.15) is 48.1 Å². The molecule has 0 aliphatic carbocycles. The van der Waals surface area contributed by atoms with Crippen LogP contribution in [0.2, 0.25) is 0 Å². The maximum Gasteiger partial charge on any atom is 0.266 e. The SMILES string of the molecule is CCCN(C(=O)c1ccccc1C)C(C)c1nc2ccccc2c(=O)n1-c1ccc(Br)cc1. The fourth-order valence-corrected chi connectivity index (χ4v) is 4.35. The van der Waals surface area contributed by atoms with Crippen LogP contribution in [0.3, 0.4) is 0 Å². The largest absolute Gasteiger partial charge is 0.329 e. The summed E-state index contributed by atoms with van der Waals surface area (Å²) in [4.78, 5) is 33.9. The van der Waals surface area contributed by atoms with Crippen molar-refractivity contribution < 1.29 is 4.79 Å². The summed E-state index contributed by atoms with van der Waals surface area (Å²) in [5, 5.41) is 0.545. The monoisotopic (exact) mass is 503 g/mol. The van der Waals surface area contributed by atoms with Gasteiger partial charge in [-0.05, 0) is 68.3 Å². The zero-order valence-corrected chi connectivity index (χ0v) is 20.5. The summed E-state index contributed by atoms with van der Waals surface area (Å²) in [6.45, 7) is 6.48. The van der Waals surface area contributed by atoms with Crippen LogP contribution in [-0.2, 0) is 0 Å². The van der Waals surface area contributed by atoms with Gasteiger partial charge in [-0.25, -0.2) is 4.98 Å². The highest BCUT2D eigenvalue weighted by molar-refractivity contribution is 9.10. The van der Waals surface area contributed by atoms with Gasteiger partial charge in [-0.3, -0.25) is 14.2 Å². The molecule has 1 amide bonds. The van der Waals surface area contributed by atoms with Crippen molar-refractivity contribution in [3.05, 3.63) is 105 Å². The molecule has 4 aromatic rings. The van der Waals surface area contributed by atoms with Gasteiger partial charge in [-0.2, -0.15) is 0 Å². The molecule has 4 rings (SSSR count). The molecule has 3 aromatic carbocycles. The maximum absolute atomic E-state index is 13.6. The molecule has 0 bridgehead atoms. The third-order valence-electron chi connectivity index (χ3n) is 5.83. The molecule has 168 valence electrons. The Hall–Kier alpha value is -3.25. The number of aromatic nitrogens is 2. The fourth-order valence-electron chi connectivity index (χ4n) is 4.09. The summed E-state index contributed by atoms with van der Waals surface area (Å²) in [6.07, 6.45) is 0.790. The van der Waals surface area contributed by atoms with E-state index in [-0.39, 0.29) is 11.5 Å². The Bertz CT molecular complexity index is 1360. The quantitative estimate of drug-likeness (QED) is 0.320. The number of carbonyl (C=O) groups is 1. The van der Waals surface area contributed by atoms with Crippen LogP contribution in [0.4, 0.5) is 0 Å². The topological polar surface area (TPSA) is 55.2 Å². The van der Waals surface area contributed by atoms with Gasteiger partial charge in [-0.15, -0.1) is 0 Å². The number of amides is 1. The van der Waals surface area contributed by atoms with E-state index in [1.54, 1.807) is 10.6 Å². The van der Waals surface area contributed by atoms with Crippen LogP contribution in [0.5, 0.6) is 0 Å². The van der Waals surface area contributed by atoms with Crippen LogP contribution in [0.15, 0.2) is 82.1 Å². The predicted octanol–water partition coefficient (Wildman–Crippen LogP) is 6.07. The number of rotatable bonds is 6. The lowest BCUT2D eigenvalue weighted by Gasteiger charge is -2.31. The molecule has 6 heteroatoms. The first kappa shape index (κ1) is 22.9. The standard InChI is InChI=1S/C27H26BrN3O2/c1-4-17-30(26(32)22-10-6-5-9-18(22)2)19(3)25-29-24-12-8-7-11-23(24)27(33)31(25)21-15-13-20(28)14-16-21/h5-16,19H,4,17H2,1-3H3. The lowest BCUT2D eigenvalue weighted by atomic mass is 10.1. The molecular formula is C27H26BrN3O2. The van der Waals surface area contributed by atoms with Crippen molar-refractivity contribution in [1.82, 2.24) is 14.5 Å². The van der Waals surface area contributed by atoms with Crippen LogP contribution in [-0.4, -0.2) is 26.9 Å². The van der Waals surface area contributed by atoms with E-state index >= 15 is 0 Å². The molecule has 0 radical (unpaired) electrons. The van der Waals surface area contributed by atoms with Crippen molar-refractivity contribution in [2.75, 3.05) is 6.54 Å². The molecule has 1 heterocycles. The molecule has 1 atom stereocenters. The van der Waals surface area contributed by atoms with E-state index in [4.69, 9.17) is 4.98 Å². The van der Waals surface area contributed by atoms with Crippen LogP contribution in [0, 0.1) is 6.92 Å². The molecule has 0 N–H and O–H groups in total. The molecule has 0 spiro atoms. The molecule has 1 unspecified atom stereocenters. The Balaban J connectivity index is 1.92. The molecule has 0 saturated heterocycles. The third kappa shape index (κ3) is 4.48. The number of nitrogens with zero attached hydrogens (tertiary/aromatic N) is 3. The van der Waals surface area contributed by atoms with Gasteiger partial charge >= 0.3 is 0 Å². The number of aryl methyl sites for hydroxylation is 1. The van der Waals surface area contributed by atoms with E-state index in [9.17, 15) is 9.59 Å². The number of fused-ring (bicyclic) bond motifs is 1. The first-order valence-electron chi connectivity index (χ1n) is 11.1. The molecule has 33 heavy (non-hydrogen) atoms. The second kappa shape index (κ2) is 9.71. The molecule has 1 aromatic heterocycles. The maximum atomic E-state index is 13.6. The molecule has 0 saturated carbocycles. The highest BCUT2D eigenvalue weighted by atomic mass is 79.9. The molecular weight excluding hydrogens is 478 g/mol. The molecule has 0 aliphatic heterocycles. The Morgan fingerprint density at radius 1 is 1.03 bits per heavy atom. The fraction of sp³-hybridized carbons (Fsp3) is 0.222. The summed E-state index contributed by atoms with van der Waals surface area (Å²) >= 11 is 3.46. The summed E-state index contributed by atoms with van der Waals surface area (Å²) in [5.41, 5.74) is 2.77. The number of benzene rings is 3. The lowest BCUT2D eigenvalue weighted by molar-refractivity contribution is 0.0680. The first-order valence-corrected chi connectivity index (χ1v) is 11.9. The summed E-state index contributed by atoms with van der Waals surface area (Å²) in [6, 6.07) is 22.1. The first-order chi connectivity index (χ1) is 15.9. The van der Waals surface area contributed by atoms with Crippen molar-refractivity contribution in [2.45, 2.75) is 33.2 Å². The van der Waals surface area contributed by atoms with Crippen molar-refractivity contribution in [3.8, 4) is 5.69 Å². The van der Waals surface area contributed by atoms with E-state index in [0.717, 1.165) is 16.5 Å². The van der Waals surface area contributed by atoms with Crippen molar-refractivity contribution in [1.29, 1.82) is 0 Å². The summed E-state index contributed by atoms with van der Waals surface area (Å²) < 4.78 is 2.55. The Kier molecular flexibility index (Phi) is 6.75. The van der Waals surface area contributed by atoms with E-state index in [0.29, 0.717) is 34.5 Å². The number of para-hydroxylation sites is 1. The van der Waals surface area contributed by atoms with Gasteiger partial charge < -0.3 is 4.90 Å². The van der Waals surface area contributed by atoms with Crippen LogP contribution >= 0.6 is 15.9 Å². The van der Waals surface area contributed by atoms with Crippen molar-refractivity contribution >= 4 is 32.7 Å². The minimum atomic E-state index is -0.419. The second-order valence-electron chi connectivity index (χ2n) is 8.09. The third-order valence-corrected chi connectivity index (χ3v) is 6.36. The molecule has 0 aliphatic rings. The van der Waals surface area contributed by atoms with Gasteiger partial charge in [-0.1, -0.05) is 53.2 Å². The number of hydrogen-bond donors (Lipinski definition) is 0. The van der Waals surface area contributed by atoms with E-state index in [1.165, 1.54) is 0 Å². The van der Waals surface area contributed by atoms with Gasteiger partial charge in [0.15, 0.2) is 0 Å². The van der Waals surface area contributed by atoms with Crippen LogP contribution in [0.25, 0.3) is 16.6 Å². The normalized spacial score (nSPS) is 12.0. The Labute approximate surface area is 201 Å². The zero-order chi connectivity index (χ0) is 23.5. The van der Waals surface area contributed by atoms with Crippen LogP contribution < -0.4 is 5.56 Å². The average Bonchev–Trinajstić information content (AvgIpc) is 2.83. The highest BCUT2D eigenvalue weighted by Gasteiger charge is 2.27. The number of carbonyl (C=O) groups excluding carboxylic acids is 1. The van der Waals surface area contributed by atoms with E-state index in [2.05, 4.69) is 15.9 Å². The second-order valence-corrected chi connectivity index (χ2v) is 9.01. The summed E-state index contributed by atoms with van der Waals surface area (Å²) in [7, 11) is 0. The van der Waals surface area contributed by atoms with Gasteiger partial charge in [0.2, 0.25) is 0 Å². The minimum Gasteiger partial charge on any atom is -0.329 e. The van der Waals surface area contributed by atoms with Gasteiger partial charge in [0.05, 0.1) is 22.6 Å². The van der Waals surface area contributed by atoms with E-state index in [1.807, 2.05) is 92.4 Å². The molecule has 5 nitrogen and oxygen atoms in total. The smallest absolute Gasteiger partial charge is 0.266 e. The summed E-state index contributed by atoms with van der Waals surface area (Å²) in [5.74, 6) is 0.476. The van der Waals surface area contributed by atoms with Crippen molar-refractivity contribution in [3.63, 3.8) is 0 Å². The van der Waals surface area contributed by atoms with Gasteiger partial charge in [0.25, 0.3) is 11.5 Å². The van der Waals surface area contributed by atoms with Gasteiger partial charge in [0, 0.05) is 16.6 Å². The number of hydrogen-bond acceptors (Lipinski definition) is 3. The minimum absolute atomic E-state index is 0.0628. The number of halogens is 1. The predicted molar refractivity (Wildman–Crippen MR) is 136 cm³/mol.